The molecule has 0 fully saturated rings. The fraction of sp³-hybridized carbons (Fsp3) is 0.118. The molecule has 3 aromatic rings. The summed E-state index contributed by atoms with van der Waals surface area (Å²) in [6.07, 6.45) is 5.65. The van der Waals surface area contributed by atoms with Crippen LogP contribution >= 0.6 is 0 Å². The second-order valence-electron chi connectivity index (χ2n) is 4.83. The zero-order chi connectivity index (χ0) is 16.1. The van der Waals surface area contributed by atoms with Crippen LogP contribution in [0, 0.1) is 0 Å². The number of fused-ring (bicyclic) bond motifs is 1. The van der Waals surface area contributed by atoms with Gasteiger partial charge in [0.2, 0.25) is 5.88 Å². The summed E-state index contributed by atoms with van der Waals surface area (Å²) in [7, 11) is 0. The smallest absolute Gasteiger partial charge is 0.227 e. The van der Waals surface area contributed by atoms with E-state index in [1.54, 1.807) is 6.20 Å². The average Bonchev–Trinajstić information content (AvgIpc) is 3.03. The van der Waals surface area contributed by atoms with Gasteiger partial charge >= 0.3 is 0 Å². The lowest BCUT2D eigenvalue weighted by Crippen LogP contribution is -2.00. The van der Waals surface area contributed by atoms with E-state index in [2.05, 4.69) is 15.0 Å². The molecule has 6 heteroatoms. The number of carbonyl (C=O) groups excluding carboxylic acids is 1. The Hall–Kier alpha value is -2.99. The number of allylic oxidation sites excluding steroid dienone is 1. The lowest BCUT2D eigenvalue weighted by atomic mass is 10.1. The second kappa shape index (κ2) is 6.85. The molecule has 3 rings (SSSR count). The molecule has 2 aromatic heterocycles. The van der Waals surface area contributed by atoms with Gasteiger partial charge in [0.05, 0.1) is 17.6 Å². The van der Waals surface area contributed by atoms with Gasteiger partial charge in [-0.25, -0.2) is 9.97 Å². The average molecular weight is 309 g/mol. The Balaban J connectivity index is 1.92. The van der Waals surface area contributed by atoms with E-state index in [4.69, 9.17) is 9.84 Å². The van der Waals surface area contributed by atoms with Crippen LogP contribution in [-0.4, -0.2) is 32.4 Å². The van der Waals surface area contributed by atoms with Gasteiger partial charge in [0.1, 0.15) is 18.6 Å². The van der Waals surface area contributed by atoms with E-state index in [0.717, 1.165) is 5.56 Å². The summed E-state index contributed by atoms with van der Waals surface area (Å²) in [5.74, 6) is 0.102. The van der Waals surface area contributed by atoms with Crippen LogP contribution in [0.1, 0.15) is 15.9 Å². The van der Waals surface area contributed by atoms with E-state index in [9.17, 15) is 4.79 Å². The van der Waals surface area contributed by atoms with Crippen LogP contribution in [0.15, 0.2) is 55.0 Å². The Morgan fingerprint density at radius 3 is 2.87 bits per heavy atom. The number of aromatic amines is 1. The van der Waals surface area contributed by atoms with Crippen molar-refractivity contribution in [2.45, 2.75) is 6.61 Å². The maximum atomic E-state index is 12.2. The van der Waals surface area contributed by atoms with Gasteiger partial charge in [-0.15, -0.1) is 0 Å². The summed E-state index contributed by atoms with van der Waals surface area (Å²) in [4.78, 5) is 23.4. The molecule has 0 amide bonds. The van der Waals surface area contributed by atoms with E-state index in [1.165, 1.54) is 18.5 Å². The molecule has 0 aliphatic heterocycles. The van der Waals surface area contributed by atoms with E-state index in [0.29, 0.717) is 29.1 Å². The highest BCUT2D eigenvalue weighted by Crippen LogP contribution is 2.26. The fourth-order valence-electron chi connectivity index (χ4n) is 2.21. The first-order chi connectivity index (χ1) is 11.3. The van der Waals surface area contributed by atoms with E-state index >= 15 is 0 Å². The minimum Gasteiger partial charge on any atom is -0.472 e. The van der Waals surface area contributed by atoms with Gasteiger partial charge in [0.15, 0.2) is 5.78 Å². The summed E-state index contributed by atoms with van der Waals surface area (Å²) < 4.78 is 5.76. The molecule has 0 unspecified atom stereocenters. The summed E-state index contributed by atoms with van der Waals surface area (Å²) >= 11 is 0. The lowest BCUT2D eigenvalue weighted by Gasteiger charge is -2.06. The van der Waals surface area contributed by atoms with Crippen LogP contribution in [0.4, 0.5) is 0 Å². The summed E-state index contributed by atoms with van der Waals surface area (Å²) in [6.45, 7) is 0.153. The van der Waals surface area contributed by atoms with Gasteiger partial charge in [-0.05, 0) is 11.6 Å². The SMILES string of the molecule is O=C(C=CCO)c1c[nH]c2ncnc(OCc3ccccc3)c12. The normalized spacial score (nSPS) is 11.2. The number of aliphatic hydroxyl groups excluding tert-OH is 1. The number of aliphatic hydroxyl groups is 1. The molecular weight excluding hydrogens is 294 g/mol. The zero-order valence-corrected chi connectivity index (χ0v) is 12.3. The predicted molar refractivity (Wildman–Crippen MR) is 85.2 cm³/mol. The molecule has 2 heterocycles. The molecule has 0 spiro atoms. The molecule has 0 radical (unpaired) electrons. The Kier molecular flexibility index (Phi) is 4.44. The molecule has 116 valence electrons. The lowest BCUT2D eigenvalue weighted by molar-refractivity contribution is 0.104. The number of carbonyl (C=O) groups is 1. The van der Waals surface area contributed by atoms with Crippen LogP contribution in [0.3, 0.4) is 0 Å². The van der Waals surface area contributed by atoms with Crippen molar-refractivity contribution in [3.05, 3.63) is 66.1 Å². The van der Waals surface area contributed by atoms with Crippen LogP contribution in [0.25, 0.3) is 11.0 Å². The van der Waals surface area contributed by atoms with Crippen molar-refractivity contribution in [2.75, 3.05) is 6.61 Å². The van der Waals surface area contributed by atoms with E-state index in [-0.39, 0.29) is 12.4 Å². The van der Waals surface area contributed by atoms with Gasteiger partial charge in [-0.2, -0.15) is 0 Å². The van der Waals surface area contributed by atoms with Gasteiger partial charge in [-0.3, -0.25) is 4.79 Å². The van der Waals surface area contributed by atoms with Gasteiger partial charge < -0.3 is 14.8 Å². The molecule has 0 atom stereocenters. The van der Waals surface area contributed by atoms with Crippen molar-refractivity contribution < 1.29 is 14.6 Å². The first kappa shape index (κ1) is 14.9. The van der Waals surface area contributed by atoms with Crippen LogP contribution in [0.5, 0.6) is 5.88 Å². The van der Waals surface area contributed by atoms with Crippen molar-refractivity contribution in [3.8, 4) is 5.88 Å². The fourth-order valence-corrected chi connectivity index (χ4v) is 2.21. The number of H-pyrrole nitrogens is 1. The summed E-state index contributed by atoms with van der Waals surface area (Å²) in [6, 6.07) is 9.69. The number of ether oxygens (including phenoxy) is 1. The molecule has 0 aliphatic rings. The summed E-state index contributed by atoms with van der Waals surface area (Å²) in [5, 5.41) is 9.33. The third-order valence-corrected chi connectivity index (χ3v) is 3.29. The van der Waals surface area contributed by atoms with Gasteiger partial charge in [0.25, 0.3) is 0 Å². The standard InChI is InChI=1S/C17H15N3O3/c21-8-4-7-14(22)13-9-18-16-15(13)17(20-11-19-16)23-10-12-5-2-1-3-6-12/h1-7,9,11,21H,8,10H2,(H,18,19,20). The quantitative estimate of drug-likeness (QED) is 0.538. The van der Waals surface area contributed by atoms with Crippen LogP contribution in [-0.2, 0) is 6.61 Å². The van der Waals surface area contributed by atoms with Gasteiger partial charge in [-0.1, -0.05) is 36.4 Å². The molecule has 0 saturated carbocycles. The molecule has 2 N–H and O–H groups in total. The monoisotopic (exact) mass is 309 g/mol. The number of rotatable bonds is 6. The maximum Gasteiger partial charge on any atom is 0.227 e. The van der Waals surface area contributed by atoms with Crippen molar-refractivity contribution in [1.29, 1.82) is 0 Å². The van der Waals surface area contributed by atoms with Crippen molar-refractivity contribution >= 4 is 16.8 Å². The minimum atomic E-state index is -0.246. The number of hydrogen-bond acceptors (Lipinski definition) is 5. The molecular formula is C17H15N3O3. The first-order valence-corrected chi connectivity index (χ1v) is 7.10. The second-order valence-corrected chi connectivity index (χ2v) is 4.83. The Morgan fingerprint density at radius 1 is 1.26 bits per heavy atom. The molecule has 0 aliphatic carbocycles. The highest BCUT2D eigenvalue weighted by molar-refractivity contribution is 6.13. The topological polar surface area (TPSA) is 88.1 Å². The Morgan fingerprint density at radius 2 is 2.09 bits per heavy atom. The number of nitrogens with zero attached hydrogens (tertiary/aromatic N) is 2. The van der Waals surface area contributed by atoms with Crippen LogP contribution < -0.4 is 4.74 Å². The molecule has 0 bridgehead atoms. The largest absolute Gasteiger partial charge is 0.472 e. The maximum absolute atomic E-state index is 12.2. The zero-order valence-electron chi connectivity index (χ0n) is 12.3. The third-order valence-electron chi connectivity index (χ3n) is 3.29. The number of aromatic nitrogens is 3. The summed E-state index contributed by atoms with van der Waals surface area (Å²) in [5.41, 5.74) is 1.94. The van der Waals surface area contributed by atoms with E-state index < -0.39 is 0 Å². The number of nitrogens with one attached hydrogen (secondary N) is 1. The highest BCUT2D eigenvalue weighted by Gasteiger charge is 2.16. The van der Waals surface area contributed by atoms with Crippen LogP contribution in [0.2, 0.25) is 0 Å². The highest BCUT2D eigenvalue weighted by atomic mass is 16.5. The molecule has 6 nitrogen and oxygen atoms in total. The number of ketones is 1. The molecule has 1 aromatic carbocycles. The Labute approximate surface area is 132 Å². The van der Waals surface area contributed by atoms with E-state index in [1.807, 2.05) is 30.3 Å². The molecule has 23 heavy (non-hydrogen) atoms. The van der Waals surface area contributed by atoms with Crippen molar-refractivity contribution in [3.63, 3.8) is 0 Å². The molecule has 0 saturated heterocycles. The minimum absolute atomic E-state index is 0.193. The van der Waals surface area contributed by atoms with Crippen molar-refractivity contribution in [1.82, 2.24) is 15.0 Å². The third kappa shape index (κ3) is 3.27. The van der Waals surface area contributed by atoms with Gasteiger partial charge in [0, 0.05) is 6.20 Å². The Bertz CT molecular complexity index is 841. The van der Waals surface area contributed by atoms with Crippen molar-refractivity contribution in [2.24, 2.45) is 0 Å². The number of hydrogen-bond donors (Lipinski definition) is 2. The first-order valence-electron chi connectivity index (χ1n) is 7.10. The number of benzene rings is 1. The predicted octanol–water partition coefficient (Wildman–Crippen LogP) is 2.27.